The fourth-order valence-corrected chi connectivity index (χ4v) is 3.37. The molecule has 2 nitrogen and oxygen atoms in total. The van der Waals surface area contributed by atoms with Crippen molar-refractivity contribution in [3.63, 3.8) is 0 Å². The van der Waals surface area contributed by atoms with Gasteiger partial charge in [-0.05, 0) is 40.8 Å². The van der Waals surface area contributed by atoms with Crippen LogP contribution in [0.25, 0.3) is 28.2 Å². The molecule has 0 unspecified atom stereocenters. The minimum atomic E-state index is 0.981. The van der Waals surface area contributed by atoms with E-state index in [2.05, 4.69) is 89.3 Å². The molecule has 0 aliphatic carbocycles. The molecular weight excluding hydrogens is 407 g/mol. The van der Waals surface area contributed by atoms with E-state index in [1.54, 1.807) is 0 Å². The molecular formula is C21H15IN2. The van der Waals surface area contributed by atoms with Crippen LogP contribution in [-0.4, -0.2) is 9.78 Å². The molecule has 0 radical (unpaired) electrons. The monoisotopic (exact) mass is 422 g/mol. The van der Waals surface area contributed by atoms with Gasteiger partial charge in [0.15, 0.2) is 0 Å². The van der Waals surface area contributed by atoms with Crippen LogP contribution in [0.2, 0.25) is 0 Å². The Morgan fingerprint density at radius 2 is 1.25 bits per heavy atom. The molecule has 3 aromatic carbocycles. The molecule has 4 aromatic rings. The summed E-state index contributed by atoms with van der Waals surface area (Å²) >= 11 is 2.36. The number of aromatic nitrogens is 2. The summed E-state index contributed by atoms with van der Waals surface area (Å²) in [5.41, 5.74) is 5.46. The van der Waals surface area contributed by atoms with Gasteiger partial charge in [-0.25, -0.2) is 4.68 Å². The zero-order valence-corrected chi connectivity index (χ0v) is 15.1. The van der Waals surface area contributed by atoms with Gasteiger partial charge in [0.05, 0.1) is 17.1 Å². The summed E-state index contributed by atoms with van der Waals surface area (Å²) in [6, 6.07) is 31.2. The summed E-state index contributed by atoms with van der Waals surface area (Å²) in [6.07, 6.45) is 0. The number of nitrogens with zero attached hydrogens (tertiary/aromatic N) is 2. The first-order chi connectivity index (χ1) is 11.8. The molecule has 0 N–H and O–H groups in total. The van der Waals surface area contributed by atoms with Crippen LogP contribution in [0.3, 0.4) is 0 Å². The Balaban J connectivity index is 1.94. The lowest BCUT2D eigenvalue weighted by atomic mass is 10.1. The summed E-state index contributed by atoms with van der Waals surface area (Å²) in [5.74, 6) is 0. The van der Waals surface area contributed by atoms with Gasteiger partial charge in [-0.15, -0.1) is 0 Å². The van der Waals surface area contributed by atoms with Gasteiger partial charge in [-0.3, -0.25) is 0 Å². The van der Waals surface area contributed by atoms with Gasteiger partial charge in [0.25, 0.3) is 0 Å². The van der Waals surface area contributed by atoms with Crippen LogP contribution < -0.4 is 0 Å². The van der Waals surface area contributed by atoms with Gasteiger partial charge in [0.2, 0.25) is 0 Å². The van der Waals surface area contributed by atoms with Gasteiger partial charge >= 0.3 is 0 Å². The van der Waals surface area contributed by atoms with Crippen molar-refractivity contribution < 1.29 is 0 Å². The highest BCUT2D eigenvalue weighted by atomic mass is 127. The largest absolute Gasteiger partial charge is 0.231 e. The topological polar surface area (TPSA) is 17.8 Å². The molecule has 116 valence electrons. The van der Waals surface area contributed by atoms with Crippen molar-refractivity contribution >= 4 is 22.6 Å². The van der Waals surface area contributed by atoms with Crippen molar-refractivity contribution in [2.45, 2.75) is 0 Å². The Labute approximate surface area is 154 Å². The third kappa shape index (κ3) is 2.87. The smallest absolute Gasteiger partial charge is 0.0934 e. The predicted octanol–water partition coefficient (Wildman–Crippen LogP) is 5.81. The third-order valence-electron chi connectivity index (χ3n) is 3.93. The summed E-state index contributed by atoms with van der Waals surface area (Å²) in [5, 5.41) is 4.90. The SMILES string of the molecule is Ic1ccccc1-n1nc(-c2ccccc2)cc1-c1ccccc1. The Bertz CT molecular complexity index is 960. The molecule has 24 heavy (non-hydrogen) atoms. The van der Waals surface area contributed by atoms with E-state index in [-0.39, 0.29) is 0 Å². The van der Waals surface area contributed by atoms with Crippen LogP contribution in [0.1, 0.15) is 0 Å². The fourth-order valence-electron chi connectivity index (χ4n) is 2.75. The molecule has 1 aromatic heterocycles. The van der Waals surface area contributed by atoms with Crippen molar-refractivity contribution in [2.75, 3.05) is 0 Å². The molecule has 0 fully saturated rings. The van der Waals surface area contributed by atoms with Crippen LogP contribution in [0.15, 0.2) is 91.0 Å². The first kappa shape index (κ1) is 15.1. The normalized spacial score (nSPS) is 10.7. The minimum Gasteiger partial charge on any atom is -0.231 e. The molecule has 3 heteroatoms. The van der Waals surface area contributed by atoms with Gasteiger partial charge < -0.3 is 0 Å². The molecule has 0 spiro atoms. The molecule has 1 heterocycles. The second kappa shape index (κ2) is 6.61. The maximum absolute atomic E-state index is 4.90. The van der Waals surface area contributed by atoms with E-state index in [1.165, 1.54) is 3.57 Å². The van der Waals surface area contributed by atoms with Crippen molar-refractivity contribution in [3.05, 3.63) is 94.6 Å². The number of para-hydroxylation sites is 1. The first-order valence-corrected chi connectivity index (χ1v) is 8.86. The molecule has 0 aliphatic rings. The standard InChI is InChI=1S/C21H15IN2/c22-18-13-7-8-14-20(18)24-21(17-11-5-2-6-12-17)15-19(23-24)16-9-3-1-4-10-16/h1-15H. The summed E-state index contributed by atoms with van der Waals surface area (Å²) in [4.78, 5) is 0. The predicted molar refractivity (Wildman–Crippen MR) is 107 cm³/mol. The lowest BCUT2D eigenvalue weighted by molar-refractivity contribution is 0.887. The summed E-state index contributed by atoms with van der Waals surface area (Å²) in [7, 11) is 0. The molecule has 0 atom stereocenters. The molecule has 0 saturated heterocycles. The summed E-state index contributed by atoms with van der Waals surface area (Å²) < 4.78 is 3.22. The lowest BCUT2D eigenvalue weighted by Crippen LogP contribution is -2.01. The Kier molecular flexibility index (Phi) is 4.17. The maximum atomic E-state index is 4.90. The number of benzene rings is 3. The quantitative estimate of drug-likeness (QED) is 0.381. The molecule has 0 amide bonds. The van der Waals surface area contributed by atoms with Gasteiger partial charge in [-0.2, -0.15) is 5.10 Å². The Morgan fingerprint density at radius 3 is 1.92 bits per heavy atom. The molecule has 0 bridgehead atoms. The minimum absolute atomic E-state index is 0.981. The van der Waals surface area contributed by atoms with E-state index in [4.69, 9.17) is 5.10 Å². The van der Waals surface area contributed by atoms with E-state index in [1.807, 2.05) is 28.9 Å². The van der Waals surface area contributed by atoms with Crippen LogP contribution >= 0.6 is 22.6 Å². The zero-order chi connectivity index (χ0) is 16.4. The zero-order valence-electron chi connectivity index (χ0n) is 12.9. The van der Waals surface area contributed by atoms with Crippen molar-refractivity contribution in [2.24, 2.45) is 0 Å². The fraction of sp³-hybridized carbons (Fsp3) is 0. The van der Waals surface area contributed by atoms with E-state index < -0.39 is 0 Å². The number of hydrogen-bond acceptors (Lipinski definition) is 1. The average Bonchev–Trinajstić information content (AvgIpc) is 3.09. The second-order valence-corrected chi connectivity index (χ2v) is 6.67. The number of halogens is 1. The van der Waals surface area contributed by atoms with Crippen LogP contribution in [0.4, 0.5) is 0 Å². The number of hydrogen-bond donors (Lipinski definition) is 0. The molecule has 4 rings (SSSR count). The highest BCUT2D eigenvalue weighted by Crippen LogP contribution is 2.30. The van der Waals surface area contributed by atoms with E-state index >= 15 is 0 Å². The summed E-state index contributed by atoms with van der Waals surface area (Å²) in [6.45, 7) is 0. The van der Waals surface area contributed by atoms with Crippen molar-refractivity contribution in [3.8, 4) is 28.2 Å². The highest BCUT2D eigenvalue weighted by molar-refractivity contribution is 14.1. The third-order valence-corrected chi connectivity index (χ3v) is 4.84. The van der Waals surface area contributed by atoms with Gasteiger partial charge in [-0.1, -0.05) is 72.8 Å². The lowest BCUT2D eigenvalue weighted by Gasteiger charge is -2.09. The van der Waals surface area contributed by atoms with Gasteiger partial charge in [0.1, 0.15) is 0 Å². The van der Waals surface area contributed by atoms with Crippen LogP contribution in [-0.2, 0) is 0 Å². The average molecular weight is 422 g/mol. The Hall–Kier alpha value is -2.40. The maximum Gasteiger partial charge on any atom is 0.0934 e. The molecule has 0 aliphatic heterocycles. The van der Waals surface area contributed by atoms with Crippen molar-refractivity contribution in [1.82, 2.24) is 9.78 Å². The van der Waals surface area contributed by atoms with E-state index in [0.717, 1.165) is 28.2 Å². The van der Waals surface area contributed by atoms with E-state index in [0.29, 0.717) is 0 Å². The van der Waals surface area contributed by atoms with Crippen LogP contribution in [0.5, 0.6) is 0 Å². The van der Waals surface area contributed by atoms with E-state index in [9.17, 15) is 0 Å². The first-order valence-electron chi connectivity index (χ1n) is 7.79. The van der Waals surface area contributed by atoms with Gasteiger partial charge in [0, 0.05) is 14.7 Å². The molecule has 0 saturated carbocycles. The second-order valence-electron chi connectivity index (χ2n) is 5.51. The number of rotatable bonds is 3. The van der Waals surface area contributed by atoms with Crippen LogP contribution in [0, 0.1) is 3.57 Å². The Morgan fingerprint density at radius 1 is 0.667 bits per heavy atom. The van der Waals surface area contributed by atoms with Crippen molar-refractivity contribution in [1.29, 1.82) is 0 Å². The highest BCUT2D eigenvalue weighted by Gasteiger charge is 2.14.